The van der Waals surface area contributed by atoms with Gasteiger partial charge >= 0.3 is 0 Å². The molecular formula is C21H22N2O2. The third-order valence-corrected chi connectivity index (χ3v) is 4.92. The smallest absolute Gasteiger partial charge is 0.252 e. The number of furan rings is 1. The Labute approximate surface area is 147 Å². The molecule has 3 aromatic rings. The first-order valence-electron chi connectivity index (χ1n) is 8.97. The van der Waals surface area contributed by atoms with E-state index in [-0.39, 0.29) is 11.9 Å². The van der Waals surface area contributed by atoms with Gasteiger partial charge in [-0.25, -0.2) is 4.98 Å². The molecule has 0 unspecified atom stereocenters. The van der Waals surface area contributed by atoms with Crippen LogP contribution in [0.15, 0.2) is 47.1 Å². The van der Waals surface area contributed by atoms with E-state index >= 15 is 0 Å². The molecule has 0 atom stereocenters. The molecule has 1 saturated carbocycles. The highest BCUT2D eigenvalue weighted by Crippen LogP contribution is 2.27. The van der Waals surface area contributed by atoms with Gasteiger partial charge in [0.05, 0.1) is 17.3 Å². The van der Waals surface area contributed by atoms with Gasteiger partial charge < -0.3 is 9.73 Å². The summed E-state index contributed by atoms with van der Waals surface area (Å²) in [7, 11) is 0. The first-order valence-corrected chi connectivity index (χ1v) is 8.97. The second-order valence-electron chi connectivity index (χ2n) is 6.86. The van der Waals surface area contributed by atoms with Crippen molar-refractivity contribution in [2.45, 2.75) is 45.1 Å². The van der Waals surface area contributed by atoms with E-state index in [0.717, 1.165) is 29.3 Å². The van der Waals surface area contributed by atoms with Crippen molar-refractivity contribution in [2.24, 2.45) is 0 Å². The zero-order valence-corrected chi connectivity index (χ0v) is 14.4. The summed E-state index contributed by atoms with van der Waals surface area (Å²) in [6, 6.07) is 11.8. The number of fused-ring (bicyclic) bond motifs is 1. The van der Waals surface area contributed by atoms with E-state index in [4.69, 9.17) is 4.42 Å². The summed E-state index contributed by atoms with van der Waals surface area (Å²) in [6.45, 7) is 2.03. The Bertz CT molecular complexity index is 894. The van der Waals surface area contributed by atoms with Crippen LogP contribution in [0.1, 0.15) is 48.0 Å². The maximum atomic E-state index is 13.0. The Morgan fingerprint density at radius 2 is 2.00 bits per heavy atom. The second-order valence-corrected chi connectivity index (χ2v) is 6.86. The quantitative estimate of drug-likeness (QED) is 0.744. The summed E-state index contributed by atoms with van der Waals surface area (Å²) in [5, 5.41) is 4.11. The number of nitrogens with one attached hydrogen (secondary N) is 1. The Balaban J connectivity index is 1.76. The summed E-state index contributed by atoms with van der Waals surface area (Å²) < 4.78 is 5.48. The summed E-state index contributed by atoms with van der Waals surface area (Å²) >= 11 is 0. The number of nitrogens with zero attached hydrogens (tertiary/aromatic N) is 1. The number of hydrogen-bond acceptors (Lipinski definition) is 3. The lowest BCUT2D eigenvalue weighted by atomic mass is 9.95. The number of carbonyl (C=O) groups excluding carboxylic acids is 1. The third kappa shape index (κ3) is 3.29. The van der Waals surface area contributed by atoms with Crippen molar-refractivity contribution in [2.75, 3.05) is 0 Å². The van der Waals surface area contributed by atoms with Crippen LogP contribution in [-0.4, -0.2) is 16.9 Å². The second kappa shape index (κ2) is 6.71. The average Bonchev–Trinajstić information content (AvgIpc) is 3.16. The zero-order chi connectivity index (χ0) is 17.2. The number of rotatable bonds is 3. The SMILES string of the molecule is Cc1ccc2nc(-c3ccco3)cc(C(=O)NC3CCCCC3)c2c1. The molecule has 2 aromatic heterocycles. The Kier molecular flexibility index (Phi) is 4.26. The number of amides is 1. The zero-order valence-electron chi connectivity index (χ0n) is 14.4. The first kappa shape index (κ1) is 15.9. The molecule has 128 valence electrons. The van der Waals surface area contributed by atoms with Crippen LogP contribution >= 0.6 is 0 Å². The maximum Gasteiger partial charge on any atom is 0.252 e. The molecule has 1 aromatic carbocycles. The minimum Gasteiger partial charge on any atom is -0.463 e. The third-order valence-electron chi connectivity index (χ3n) is 4.92. The molecule has 1 amide bonds. The fraction of sp³-hybridized carbons (Fsp3) is 0.333. The molecule has 4 rings (SSSR count). The van der Waals surface area contributed by atoms with E-state index in [1.165, 1.54) is 19.3 Å². The number of pyridine rings is 1. The van der Waals surface area contributed by atoms with Crippen LogP contribution in [0.4, 0.5) is 0 Å². The lowest BCUT2D eigenvalue weighted by Crippen LogP contribution is -2.36. The van der Waals surface area contributed by atoms with Crippen LogP contribution in [0.5, 0.6) is 0 Å². The number of aryl methyl sites for hydroxylation is 1. The van der Waals surface area contributed by atoms with Gasteiger partial charge in [0.15, 0.2) is 5.76 Å². The lowest BCUT2D eigenvalue weighted by molar-refractivity contribution is 0.0929. The molecular weight excluding hydrogens is 312 g/mol. The highest BCUT2D eigenvalue weighted by molar-refractivity contribution is 6.07. The highest BCUT2D eigenvalue weighted by Gasteiger charge is 2.20. The van der Waals surface area contributed by atoms with Crippen molar-refractivity contribution in [3.05, 3.63) is 53.8 Å². The number of benzene rings is 1. The van der Waals surface area contributed by atoms with Gasteiger partial charge in [-0.05, 0) is 50.1 Å². The summed E-state index contributed by atoms with van der Waals surface area (Å²) in [5.41, 5.74) is 3.29. The average molecular weight is 334 g/mol. The van der Waals surface area contributed by atoms with Gasteiger partial charge in [0, 0.05) is 11.4 Å². The Hall–Kier alpha value is -2.62. The van der Waals surface area contributed by atoms with E-state index in [1.54, 1.807) is 6.26 Å². The van der Waals surface area contributed by atoms with Gasteiger partial charge in [-0.3, -0.25) is 4.79 Å². The lowest BCUT2D eigenvalue weighted by Gasteiger charge is -2.23. The van der Waals surface area contributed by atoms with Crippen LogP contribution in [0.3, 0.4) is 0 Å². The van der Waals surface area contributed by atoms with Gasteiger partial charge in [-0.2, -0.15) is 0 Å². The van der Waals surface area contributed by atoms with Gasteiger partial charge in [-0.1, -0.05) is 30.9 Å². The van der Waals surface area contributed by atoms with E-state index in [1.807, 2.05) is 43.3 Å². The molecule has 0 saturated heterocycles. The summed E-state index contributed by atoms with van der Waals surface area (Å²) in [5.74, 6) is 0.659. The van der Waals surface area contributed by atoms with Crippen molar-refractivity contribution in [3.8, 4) is 11.5 Å². The standard InChI is InChI=1S/C21H22N2O2/c1-14-9-10-18-16(12-14)17(13-19(23-18)20-8-5-11-25-20)21(24)22-15-6-3-2-4-7-15/h5,8-13,15H,2-4,6-7H2,1H3,(H,22,24). The normalized spacial score (nSPS) is 15.4. The maximum absolute atomic E-state index is 13.0. The van der Waals surface area contributed by atoms with E-state index in [9.17, 15) is 4.79 Å². The van der Waals surface area contributed by atoms with Crippen LogP contribution in [-0.2, 0) is 0 Å². The minimum absolute atomic E-state index is 0.0160. The van der Waals surface area contributed by atoms with Gasteiger partial charge in [-0.15, -0.1) is 0 Å². The molecule has 0 aliphatic heterocycles. The number of carbonyl (C=O) groups is 1. The fourth-order valence-electron chi connectivity index (χ4n) is 3.59. The largest absolute Gasteiger partial charge is 0.463 e. The monoisotopic (exact) mass is 334 g/mol. The van der Waals surface area contributed by atoms with Crippen molar-refractivity contribution < 1.29 is 9.21 Å². The highest BCUT2D eigenvalue weighted by atomic mass is 16.3. The predicted octanol–water partition coefficient (Wildman–Crippen LogP) is 4.87. The summed E-state index contributed by atoms with van der Waals surface area (Å²) in [6.07, 6.45) is 7.42. The van der Waals surface area contributed by atoms with Gasteiger partial charge in [0.25, 0.3) is 5.91 Å². The van der Waals surface area contributed by atoms with Crippen LogP contribution in [0.2, 0.25) is 0 Å². The van der Waals surface area contributed by atoms with Crippen molar-refractivity contribution in [1.29, 1.82) is 0 Å². The Morgan fingerprint density at radius 1 is 1.16 bits per heavy atom. The molecule has 4 nitrogen and oxygen atoms in total. The molecule has 1 N–H and O–H groups in total. The molecule has 1 fully saturated rings. The first-order chi connectivity index (χ1) is 12.2. The van der Waals surface area contributed by atoms with Crippen molar-refractivity contribution in [3.63, 3.8) is 0 Å². The van der Waals surface area contributed by atoms with Crippen LogP contribution < -0.4 is 5.32 Å². The van der Waals surface area contributed by atoms with Gasteiger partial charge in [0.2, 0.25) is 0 Å². The molecule has 2 heterocycles. The Morgan fingerprint density at radius 3 is 2.76 bits per heavy atom. The minimum atomic E-state index is -0.0160. The molecule has 25 heavy (non-hydrogen) atoms. The molecule has 0 spiro atoms. The number of hydrogen-bond donors (Lipinski definition) is 1. The number of aromatic nitrogens is 1. The summed E-state index contributed by atoms with van der Waals surface area (Å²) in [4.78, 5) is 17.7. The fourth-order valence-corrected chi connectivity index (χ4v) is 3.59. The molecule has 1 aliphatic carbocycles. The van der Waals surface area contributed by atoms with E-state index in [0.29, 0.717) is 17.0 Å². The molecule has 1 aliphatic rings. The molecule has 0 bridgehead atoms. The van der Waals surface area contributed by atoms with E-state index < -0.39 is 0 Å². The molecule has 0 radical (unpaired) electrons. The van der Waals surface area contributed by atoms with Gasteiger partial charge in [0.1, 0.15) is 5.69 Å². The predicted molar refractivity (Wildman–Crippen MR) is 98.5 cm³/mol. The van der Waals surface area contributed by atoms with Crippen LogP contribution in [0, 0.1) is 6.92 Å². The van der Waals surface area contributed by atoms with Crippen LogP contribution in [0.25, 0.3) is 22.4 Å². The molecule has 4 heteroatoms. The topological polar surface area (TPSA) is 55.1 Å². The van der Waals surface area contributed by atoms with Crippen molar-refractivity contribution in [1.82, 2.24) is 10.3 Å². The van der Waals surface area contributed by atoms with Crippen molar-refractivity contribution >= 4 is 16.8 Å². The van der Waals surface area contributed by atoms with E-state index in [2.05, 4.69) is 10.3 Å².